The summed E-state index contributed by atoms with van der Waals surface area (Å²) in [7, 11) is 0. The van der Waals surface area contributed by atoms with Gasteiger partial charge in [-0.2, -0.15) is 0 Å². The van der Waals surface area contributed by atoms with Crippen molar-refractivity contribution in [3.05, 3.63) is 30.1 Å². The zero-order valence-electron chi connectivity index (χ0n) is 9.97. The van der Waals surface area contributed by atoms with Crippen LogP contribution in [0.1, 0.15) is 24.8 Å². The van der Waals surface area contributed by atoms with Gasteiger partial charge >= 0.3 is 0 Å². The topological polar surface area (TPSA) is 83.5 Å². The standard InChI is InChI=1S/C12H20N4O/c13-12(16-17)5-1-2-7-14-9-6-11-4-3-8-15-10-11/h3-4,8,10,14,17H,1-2,5-7,9H2,(H2,13,16). The van der Waals surface area contributed by atoms with Gasteiger partial charge in [0, 0.05) is 18.8 Å². The Morgan fingerprint density at radius 1 is 1.41 bits per heavy atom. The molecule has 0 saturated carbocycles. The van der Waals surface area contributed by atoms with E-state index >= 15 is 0 Å². The highest BCUT2D eigenvalue weighted by Crippen LogP contribution is 1.96. The van der Waals surface area contributed by atoms with Gasteiger partial charge in [-0.05, 0) is 44.0 Å². The van der Waals surface area contributed by atoms with Gasteiger partial charge in [0.25, 0.3) is 0 Å². The van der Waals surface area contributed by atoms with Crippen molar-refractivity contribution in [2.75, 3.05) is 13.1 Å². The number of aromatic nitrogens is 1. The van der Waals surface area contributed by atoms with E-state index in [1.54, 1.807) is 6.20 Å². The summed E-state index contributed by atoms with van der Waals surface area (Å²) >= 11 is 0. The molecule has 0 fully saturated rings. The number of pyridine rings is 1. The zero-order chi connectivity index (χ0) is 12.3. The predicted molar refractivity (Wildman–Crippen MR) is 68.1 cm³/mol. The second kappa shape index (κ2) is 8.52. The lowest BCUT2D eigenvalue weighted by Crippen LogP contribution is -2.19. The summed E-state index contributed by atoms with van der Waals surface area (Å²) in [5.74, 6) is 0.306. The first kappa shape index (κ1) is 13.4. The molecule has 1 aromatic heterocycles. The molecule has 0 bridgehead atoms. The van der Waals surface area contributed by atoms with E-state index < -0.39 is 0 Å². The Labute approximate surface area is 102 Å². The first-order chi connectivity index (χ1) is 8.33. The Balaban J connectivity index is 1.95. The minimum Gasteiger partial charge on any atom is -0.409 e. The maximum atomic E-state index is 8.34. The van der Waals surface area contributed by atoms with Crippen LogP contribution >= 0.6 is 0 Å². The van der Waals surface area contributed by atoms with Crippen molar-refractivity contribution in [2.24, 2.45) is 10.9 Å². The van der Waals surface area contributed by atoms with Gasteiger partial charge < -0.3 is 16.3 Å². The van der Waals surface area contributed by atoms with Gasteiger partial charge in [-0.1, -0.05) is 11.2 Å². The second-order valence-electron chi connectivity index (χ2n) is 3.91. The van der Waals surface area contributed by atoms with E-state index in [0.29, 0.717) is 12.3 Å². The Kier molecular flexibility index (Phi) is 6.74. The SMILES string of the molecule is N/C(CCCCNCCc1cccnc1)=N\O. The predicted octanol–water partition coefficient (Wildman–Crippen LogP) is 1.13. The third-order valence-corrected chi connectivity index (χ3v) is 2.48. The number of unbranched alkanes of at least 4 members (excludes halogenated alkanes) is 1. The summed E-state index contributed by atoms with van der Waals surface area (Å²) in [5.41, 5.74) is 6.61. The minimum absolute atomic E-state index is 0.306. The summed E-state index contributed by atoms with van der Waals surface area (Å²) < 4.78 is 0. The molecule has 5 heteroatoms. The summed E-state index contributed by atoms with van der Waals surface area (Å²) in [6.45, 7) is 1.91. The smallest absolute Gasteiger partial charge is 0.139 e. The van der Waals surface area contributed by atoms with Crippen LogP contribution < -0.4 is 11.1 Å². The van der Waals surface area contributed by atoms with Gasteiger partial charge in [0.05, 0.1) is 0 Å². The molecule has 0 aliphatic rings. The Bertz CT molecular complexity index is 327. The fourth-order valence-electron chi connectivity index (χ4n) is 1.51. The Hall–Kier alpha value is -1.62. The van der Waals surface area contributed by atoms with Crippen LogP contribution in [0.15, 0.2) is 29.7 Å². The fourth-order valence-corrected chi connectivity index (χ4v) is 1.51. The van der Waals surface area contributed by atoms with Gasteiger partial charge in [-0.25, -0.2) is 0 Å². The Morgan fingerprint density at radius 2 is 2.29 bits per heavy atom. The molecular formula is C12H20N4O. The summed E-state index contributed by atoms with van der Waals surface area (Å²) in [6, 6.07) is 4.03. The van der Waals surface area contributed by atoms with Gasteiger partial charge in [0.2, 0.25) is 0 Å². The van der Waals surface area contributed by atoms with Gasteiger partial charge in [-0.15, -0.1) is 0 Å². The van der Waals surface area contributed by atoms with Crippen molar-refractivity contribution in [3.63, 3.8) is 0 Å². The molecule has 1 heterocycles. The van der Waals surface area contributed by atoms with Gasteiger partial charge in [0.1, 0.15) is 5.84 Å². The number of rotatable bonds is 8. The van der Waals surface area contributed by atoms with Crippen LogP contribution in [0, 0.1) is 0 Å². The van der Waals surface area contributed by atoms with Crippen LogP contribution in [-0.2, 0) is 6.42 Å². The first-order valence-corrected chi connectivity index (χ1v) is 5.89. The number of hydrogen-bond donors (Lipinski definition) is 3. The lowest BCUT2D eigenvalue weighted by atomic mass is 10.2. The summed E-state index contributed by atoms with van der Waals surface area (Å²) in [5, 5.41) is 14.6. The number of nitrogens with one attached hydrogen (secondary N) is 1. The average molecular weight is 236 g/mol. The van der Waals surface area contributed by atoms with Gasteiger partial charge in [0.15, 0.2) is 0 Å². The van der Waals surface area contributed by atoms with Crippen LogP contribution in [0.25, 0.3) is 0 Å². The fraction of sp³-hybridized carbons (Fsp3) is 0.500. The van der Waals surface area contributed by atoms with E-state index in [2.05, 4.69) is 21.5 Å². The second-order valence-corrected chi connectivity index (χ2v) is 3.91. The monoisotopic (exact) mass is 236 g/mol. The third-order valence-electron chi connectivity index (χ3n) is 2.48. The van der Waals surface area contributed by atoms with E-state index in [4.69, 9.17) is 10.9 Å². The number of oxime groups is 1. The van der Waals surface area contributed by atoms with Crippen molar-refractivity contribution in [3.8, 4) is 0 Å². The van der Waals surface area contributed by atoms with Crippen LogP contribution in [0.4, 0.5) is 0 Å². The van der Waals surface area contributed by atoms with Crippen LogP contribution in [-0.4, -0.2) is 29.1 Å². The summed E-state index contributed by atoms with van der Waals surface area (Å²) in [4.78, 5) is 4.06. The maximum Gasteiger partial charge on any atom is 0.139 e. The largest absolute Gasteiger partial charge is 0.409 e. The van der Waals surface area contributed by atoms with Crippen LogP contribution in [0.2, 0.25) is 0 Å². The summed E-state index contributed by atoms with van der Waals surface area (Å²) in [6.07, 6.45) is 7.29. The van der Waals surface area contributed by atoms with Crippen molar-refractivity contribution in [2.45, 2.75) is 25.7 Å². The normalized spacial score (nSPS) is 11.6. The van der Waals surface area contributed by atoms with E-state index in [1.165, 1.54) is 5.56 Å². The molecule has 0 spiro atoms. The van der Waals surface area contributed by atoms with Crippen LogP contribution in [0.5, 0.6) is 0 Å². The molecule has 0 saturated heterocycles. The molecule has 0 aromatic carbocycles. The van der Waals surface area contributed by atoms with E-state index in [1.807, 2.05) is 12.3 Å². The minimum atomic E-state index is 0.306. The van der Waals surface area contributed by atoms with Crippen molar-refractivity contribution in [1.82, 2.24) is 10.3 Å². The molecule has 94 valence electrons. The molecule has 1 aromatic rings. The van der Waals surface area contributed by atoms with Crippen molar-refractivity contribution < 1.29 is 5.21 Å². The third kappa shape index (κ3) is 6.52. The highest BCUT2D eigenvalue weighted by atomic mass is 16.4. The van der Waals surface area contributed by atoms with E-state index in [9.17, 15) is 0 Å². The average Bonchev–Trinajstić information content (AvgIpc) is 2.38. The molecule has 17 heavy (non-hydrogen) atoms. The molecule has 0 unspecified atom stereocenters. The van der Waals surface area contributed by atoms with Crippen molar-refractivity contribution >= 4 is 5.84 Å². The number of nitrogens with zero attached hydrogens (tertiary/aromatic N) is 2. The molecule has 0 aliphatic heterocycles. The molecule has 5 nitrogen and oxygen atoms in total. The highest BCUT2D eigenvalue weighted by Gasteiger charge is 1.94. The first-order valence-electron chi connectivity index (χ1n) is 5.89. The molecule has 0 radical (unpaired) electrons. The molecule has 0 aliphatic carbocycles. The number of nitrogens with two attached hydrogens (primary N) is 1. The zero-order valence-corrected chi connectivity index (χ0v) is 9.97. The van der Waals surface area contributed by atoms with E-state index in [-0.39, 0.29) is 0 Å². The molecule has 1 rings (SSSR count). The highest BCUT2D eigenvalue weighted by molar-refractivity contribution is 5.79. The lowest BCUT2D eigenvalue weighted by molar-refractivity contribution is 0.316. The molecule has 0 atom stereocenters. The van der Waals surface area contributed by atoms with Gasteiger partial charge in [-0.3, -0.25) is 4.98 Å². The number of hydrogen-bond acceptors (Lipinski definition) is 4. The van der Waals surface area contributed by atoms with E-state index in [0.717, 1.165) is 32.4 Å². The van der Waals surface area contributed by atoms with Crippen LogP contribution in [0.3, 0.4) is 0 Å². The lowest BCUT2D eigenvalue weighted by Gasteiger charge is -2.04. The molecular weight excluding hydrogens is 216 g/mol. The maximum absolute atomic E-state index is 8.34. The van der Waals surface area contributed by atoms with Crippen molar-refractivity contribution in [1.29, 1.82) is 0 Å². The Morgan fingerprint density at radius 3 is 3.00 bits per heavy atom. The quantitative estimate of drug-likeness (QED) is 0.208. The number of amidine groups is 1. The molecule has 4 N–H and O–H groups in total. The molecule has 0 amide bonds.